The van der Waals surface area contributed by atoms with E-state index in [9.17, 15) is 9.59 Å². The summed E-state index contributed by atoms with van der Waals surface area (Å²) in [5.41, 5.74) is -0.194. The number of nitrogens with one attached hydrogen (secondary N) is 1. The molecule has 1 aromatic rings. The topological polar surface area (TPSA) is 93.0 Å². The van der Waals surface area contributed by atoms with E-state index in [0.717, 1.165) is 19.4 Å². The van der Waals surface area contributed by atoms with Crippen molar-refractivity contribution in [3.63, 3.8) is 0 Å². The third-order valence-corrected chi connectivity index (χ3v) is 3.73. The molecular formula is C14H24N6O2. The van der Waals surface area contributed by atoms with E-state index in [-0.39, 0.29) is 29.8 Å². The fourth-order valence-electron chi connectivity index (χ4n) is 2.49. The summed E-state index contributed by atoms with van der Waals surface area (Å²) in [4.78, 5) is 26.5. The molecule has 0 saturated carbocycles. The SMILES string of the molecule is CC(=O)N1CCCC1CNC(=O)Cn1nnc(C(C)(C)C)n1. The third kappa shape index (κ3) is 4.02. The van der Waals surface area contributed by atoms with Crippen molar-refractivity contribution < 1.29 is 9.59 Å². The first-order valence-corrected chi connectivity index (χ1v) is 7.59. The molecule has 122 valence electrons. The Morgan fingerprint density at radius 3 is 2.68 bits per heavy atom. The predicted octanol–water partition coefficient (Wildman–Crippen LogP) is 0.0977. The fraction of sp³-hybridized carbons (Fsp3) is 0.786. The van der Waals surface area contributed by atoms with Crippen molar-refractivity contribution in [3.05, 3.63) is 5.82 Å². The summed E-state index contributed by atoms with van der Waals surface area (Å²) in [6.45, 7) is 8.82. The second-order valence-electron chi connectivity index (χ2n) is 6.71. The number of hydrogen-bond donors (Lipinski definition) is 1. The smallest absolute Gasteiger partial charge is 0.243 e. The molecule has 8 nitrogen and oxygen atoms in total. The highest BCUT2D eigenvalue weighted by Crippen LogP contribution is 2.17. The summed E-state index contributed by atoms with van der Waals surface area (Å²) in [6.07, 6.45) is 1.91. The second kappa shape index (κ2) is 6.41. The zero-order valence-electron chi connectivity index (χ0n) is 13.7. The molecule has 1 atom stereocenters. The number of carbonyl (C=O) groups excluding carboxylic acids is 2. The molecular weight excluding hydrogens is 284 g/mol. The molecule has 0 aromatic carbocycles. The van der Waals surface area contributed by atoms with E-state index in [4.69, 9.17) is 0 Å². The normalized spacial score (nSPS) is 18.5. The molecule has 2 heterocycles. The van der Waals surface area contributed by atoms with Gasteiger partial charge in [-0.25, -0.2) is 0 Å². The van der Waals surface area contributed by atoms with Crippen molar-refractivity contribution in [2.45, 2.75) is 58.5 Å². The number of likely N-dealkylation sites (tertiary alicyclic amines) is 1. The van der Waals surface area contributed by atoms with Crippen LogP contribution in [0.25, 0.3) is 0 Å². The van der Waals surface area contributed by atoms with Gasteiger partial charge in [0.15, 0.2) is 5.82 Å². The van der Waals surface area contributed by atoms with Gasteiger partial charge in [-0.15, -0.1) is 10.2 Å². The number of tetrazole rings is 1. The lowest BCUT2D eigenvalue weighted by Gasteiger charge is -2.23. The highest BCUT2D eigenvalue weighted by atomic mass is 16.2. The summed E-state index contributed by atoms with van der Waals surface area (Å²) in [6, 6.07) is 0.0929. The van der Waals surface area contributed by atoms with Crippen LogP contribution >= 0.6 is 0 Å². The monoisotopic (exact) mass is 308 g/mol. The highest BCUT2D eigenvalue weighted by molar-refractivity contribution is 5.76. The fourth-order valence-corrected chi connectivity index (χ4v) is 2.49. The van der Waals surface area contributed by atoms with Crippen molar-refractivity contribution in [1.29, 1.82) is 0 Å². The van der Waals surface area contributed by atoms with Crippen molar-refractivity contribution >= 4 is 11.8 Å². The molecule has 0 radical (unpaired) electrons. The molecule has 1 aromatic heterocycles. The van der Waals surface area contributed by atoms with Gasteiger partial charge in [0.2, 0.25) is 11.8 Å². The van der Waals surface area contributed by atoms with Gasteiger partial charge in [-0.3, -0.25) is 9.59 Å². The number of amides is 2. The summed E-state index contributed by atoms with van der Waals surface area (Å²) in [5.74, 6) is 0.497. The Morgan fingerprint density at radius 1 is 1.36 bits per heavy atom. The van der Waals surface area contributed by atoms with Crippen molar-refractivity contribution in [1.82, 2.24) is 30.4 Å². The molecule has 0 aliphatic carbocycles. The molecule has 2 amide bonds. The molecule has 1 fully saturated rings. The van der Waals surface area contributed by atoms with Gasteiger partial charge in [-0.1, -0.05) is 20.8 Å². The number of rotatable bonds is 4. The number of aromatic nitrogens is 4. The van der Waals surface area contributed by atoms with E-state index in [2.05, 4.69) is 20.7 Å². The maximum atomic E-state index is 12.0. The van der Waals surface area contributed by atoms with Gasteiger partial charge >= 0.3 is 0 Å². The molecule has 0 spiro atoms. The Bertz CT molecular complexity index is 548. The molecule has 0 bridgehead atoms. The minimum absolute atomic E-state index is 0.0376. The first-order valence-electron chi connectivity index (χ1n) is 7.59. The predicted molar refractivity (Wildman–Crippen MR) is 79.9 cm³/mol. The van der Waals surface area contributed by atoms with Crippen molar-refractivity contribution in [2.24, 2.45) is 0 Å². The van der Waals surface area contributed by atoms with Gasteiger partial charge in [-0.2, -0.15) is 4.80 Å². The van der Waals surface area contributed by atoms with Crippen molar-refractivity contribution in [3.8, 4) is 0 Å². The van der Waals surface area contributed by atoms with E-state index in [1.807, 2.05) is 25.7 Å². The highest BCUT2D eigenvalue weighted by Gasteiger charge is 2.26. The summed E-state index contributed by atoms with van der Waals surface area (Å²) in [5, 5.41) is 14.9. The van der Waals surface area contributed by atoms with E-state index in [1.165, 1.54) is 4.80 Å². The maximum absolute atomic E-state index is 12.0. The van der Waals surface area contributed by atoms with Crippen LogP contribution in [-0.2, 0) is 21.5 Å². The lowest BCUT2D eigenvalue weighted by molar-refractivity contribution is -0.130. The molecule has 1 unspecified atom stereocenters. The quantitative estimate of drug-likeness (QED) is 0.851. The zero-order valence-corrected chi connectivity index (χ0v) is 13.7. The largest absolute Gasteiger partial charge is 0.352 e. The second-order valence-corrected chi connectivity index (χ2v) is 6.71. The van der Waals surface area contributed by atoms with E-state index in [0.29, 0.717) is 12.4 Å². The van der Waals surface area contributed by atoms with Crippen molar-refractivity contribution in [2.75, 3.05) is 13.1 Å². The van der Waals surface area contributed by atoms with E-state index in [1.54, 1.807) is 6.92 Å². The summed E-state index contributed by atoms with van der Waals surface area (Å²) in [7, 11) is 0. The Hall–Kier alpha value is -1.99. The standard InChI is InChI=1S/C14H24N6O2/c1-10(21)19-7-5-6-11(19)8-15-12(22)9-20-17-13(16-18-20)14(2,3)4/h11H,5-9H2,1-4H3,(H,15,22). The minimum Gasteiger partial charge on any atom is -0.352 e. The number of nitrogens with zero attached hydrogens (tertiary/aromatic N) is 5. The van der Waals surface area contributed by atoms with Crippen LogP contribution in [0.1, 0.15) is 46.4 Å². The van der Waals surface area contributed by atoms with Crippen LogP contribution in [0.4, 0.5) is 0 Å². The first-order chi connectivity index (χ1) is 10.3. The van der Waals surface area contributed by atoms with Crippen LogP contribution < -0.4 is 5.32 Å². The molecule has 8 heteroatoms. The van der Waals surface area contributed by atoms with Gasteiger partial charge in [0, 0.05) is 31.5 Å². The lowest BCUT2D eigenvalue weighted by Crippen LogP contribution is -2.43. The molecule has 1 aliphatic heterocycles. The summed E-state index contributed by atoms with van der Waals surface area (Å²) < 4.78 is 0. The van der Waals surface area contributed by atoms with E-state index < -0.39 is 0 Å². The number of hydrogen-bond acceptors (Lipinski definition) is 5. The summed E-state index contributed by atoms with van der Waals surface area (Å²) >= 11 is 0. The average Bonchev–Trinajstić information content (AvgIpc) is 3.03. The average molecular weight is 308 g/mol. The molecule has 22 heavy (non-hydrogen) atoms. The van der Waals surface area contributed by atoms with Crippen LogP contribution in [0.5, 0.6) is 0 Å². The van der Waals surface area contributed by atoms with Gasteiger partial charge < -0.3 is 10.2 Å². The molecule has 1 saturated heterocycles. The van der Waals surface area contributed by atoms with Crippen LogP contribution in [0.2, 0.25) is 0 Å². The zero-order chi connectivity index (χ0) is 16.3. The van der Waals surface area contributed by atoms with Gasteiger partial charge in [0.1, 0.15) is 6.54 Å². The minimum atomic E-state index is -0.194. The van der Waals surface area contributed by atoms with Crippen LogP contribution in [0.15, 0.2) is 0 Å². The Labute approximate surface area is 130 Å². The van der Waals surface area contributed by atoms with Gasteiger partial charge in [0.05, 0.1) is 0 Å². The van der Waals surface area contributed by atoms with Crippen LogP contribution in [-0.4, -0.2) is 56.1 Å². The van der Waals surface area contributed by atoms with E-state index >= 15 is 0 Å². The maximum Gasteiger partial charge on any atom is 0.243 e. The third-order valence-electron chi connectivity index (χ3n) is 3.73. The Morgan fingerprint density at radius 2 is 2.09 bits per heavy atom. The Balaban J connectivity index is 1.83. The Kier molecular flexibility index (Phi) is 4.77. The lowest BCUT2D eigenvalue weighted by atomic mass is 9.96. The van der Waals surface area contributed by atoms with Crippen LogP contribution in [0.3, 0.4) is 0 Å². The first kappa shape index (κ1) is 16.4. The van der Waals surface area contributed by atoms with Gasteiger partial charge in [0.25, 0.3) is 0 Å². The number of carbonyl (C=O) groups is 2. The van der Waals surface area contributed by atoms with Gasteiger partial charge in [-0.05, 0) is 18.1 Å². The molecule has 2 rings (SSSR count). The molecule has 1 N–H and O–H groups in total. The molecule has 1 aliphatic rings. The van der Waals surface area contributed by atoms with Crippen LogP contribution in [0, 0.1) is 0 Å².